The summed E-state index contributed by atoms with van der Waals surface area (Å²) in [5, 5.41) is 2.29. The lowest BCUT2D eigenvalue weighted by molar-refractivity contribution is 0.670. The van der Waals surface area contributed by atoms with E-state index in [1.54, 1.807) is 0 Å². The summed E-state index contributed by atoms with van der Waals surface area (Å²) in [7, 11) is 0. The minimum Gasteiger partial charge on any atom is -0.455 e. The van der Waals surface area contributed by atoms with Gasteiger partial charge in [0.25, 0.3) is 0 Å². The monoisotopic (exact) mass is 861 g/mol. The van der Waals surface area contributed by atoms with Crippen molar-refractivity contribution in [3.05, 3.63) is 234 Å². The average molecular weight is 862 g/mol. The smallest absolute Gasteiger partial charge is 0.143 e. The molecule has 0 saturated heterocycles. The van der Waals surface area contributed by atoms with E-state index in [1.807, 2.05) is 6.07 Å². The molecule has 0 aliphatic heterocycles. The minimum atomic E-state index is -0.449. The highest BCUT2D eigenvalue weighted by Crippen LogP contribution is 2.64. The second kappa shape index (κ2) is 15.3. The van der Waals surface area contributed by atoms with Crippen LogP contribution in [0.4, 0.5) is 17.1 Å². The Kier molecular flexibility index (Phi) is 8.88. The third kappa shape index (κ3) is 5.88. The fourth-order valence-electron chi connectivity index (χ4n) is 13.1. The molecule has 1 spiro atoms. The standard InChI is InChI=1S/C65H51NO/c1-2-19-44(20-3-1)50-21-9-12-27-62(50)66(48-33-29-45(30-34-48)51-24-14-25-57-56-23-10-13-28-63(56)67-64(51)57)49-35-38-55-52-22-8-11-26-58(52)65(61(55)41-49)59-39-46(42-15-4-5-16-42)31-36-53(59)54-37-32-47(40-60(54)65)43-17-6-7-18-43/h1-3,8-14,19-43H,4-7,15-18H2. The van der Waals surface area contributed by atoms with Crippen molar-refractivity contribution in [2.24, 2.45) is 0 Å². The topological polar surface area (TPSA) is 16.4 Å². The second-order valence-electron chi connectivity index (χ2n) is 19.6. The molecular formula is C65H51NO. The van der Waals surface area contributed by atoms with Gasteiger partial charge in [-0.15, -0.1) is 0 Å². The molecule has 0 unspecified atom stereocenters. The quantitative estimate of drug-likeness (QED) is 0.159. The number of para-hydroxylation sites is 3. The van der Waals surface area contributed by atoms with Gasteiger partial charge in [-0.1, -0.05) is 189 Å². The van der Waals surface area contributed by atoms with Gasteiger partial charge in [-0.2, -0.15) is 0 Å². The van der Waals surface area contributed by atoms with Gasteiger partial charge in [0, 0.05) is 33.3 Å². The van der Waals surface area contributed by atoms with Crippen LogP contribution < -0.4 is 4.90 Å². The number of furan rings is 1. The van der Waals surface area contributed by atoms with Crippen LogP contribution in [0.5, 0.6) is 0 Å². The Morgan fingerprint density at radius 1 is 0.373 bits per heavy atom. The van der Waals surface area contributed by atoms with E-state index in [2.05, 4.69) is 199 Å². The SMILES string of the molecule is c1ccc(-c2ccccc2N(c2ccc(-c3cccc4c3oc3ccccc34)cc2)c2ccc3c(c2)C2(c4ccccc4-3)c3cc(C4CCCC4)ccc3-c3ccc(C4CCCC4)cc32)cc1. The summed E-state index contributed by atoms with van der Waals surface area (Å²) in [6.07, 6.45) is 10.4. The molecule has 4 aliphatic rings. The predicted octanol–water partition coefficient (Wildman–Crippen LogP) is 18.0. The molecule has 2 saturated carbocycles. The zero-order valence-electron chi connectivity index (χ0n) is 37.7. The molecule has 4 aliphatic carbocycles. The first-order chi connectivity index (χ1) is 33.2. The van der Waals surface area contributed by atoms with Crippen LogP contribution in [0.1, 0.15) is 96.6 Å². The molecule has 10 aromatic rings. The first-order valence-electron chi connectivity index (χ1n) is 24.7. The number of benzene rings is 9. The molecule has 2 fully saturated rings. The number of hydrogen-bond donors (Lipinski definition) is 0. The van der Waals surface area contributed by atoms with Crippen LogP contribution in [-0.4, -0.2) is 0 Å². The van der Waals surface area contributed by atoms with Crippen molar-refractivity contribution < 1.29 is 4.42 Å². The van der Waals surface area contributed by atoms with Crippen LogP contribution in [0.15, 0.2) is 205 Å². The number of rotatable bonds is 7. The van der Waals surface area contributed by atoms with Crippen molar-refractivity contribution in [3.8, 4) is 44.5 Å². The van der Waals surface area contributed by atoms with Crippen LogP contribution in [0.2, 0.25) is 0 Å². The van der Waals surface area contributed by atoms with Gasteiger partial charge in [0.1, 0.15) is 11.2 Å². The molecule has 2 heteroatoms. The summed E-state index contributed by atoms with van der Waals surface area (Å²) in [6, 6.07) is 75.8. The van der Waals surface area contributed by atoms with Gasteiger partial charge in [-0.3, -0.25) is 0 Å². The van der Waals surface area contributed by atoms with Crippen molar-refractivity contribution >= 4 is 39.0 Å². The third-order valence-electron chi connectivity index (χ3n) is 16.2. The van der Waals surface area contributed by atoms with Crippen LogP contribution in [0.25, 0.3) is 66.4 Å². The van der Waals surface area contributed by atoms with Crippen molar-refractivity contribution in [1.82, 2.24) is 0 Å². The Balaban J connectivity index is 0.997. The van der Waals surface area contributed by atoms with Gasteiger partial charge in [0.15, 0.2) is 0 Å². The molecular weight excluding hydrogens is 811 g/mol. The molecule has 9 aromatic carbocycles. The number of hydrogen-bond acceptors (Lipinski definition) is 2. The van der Waals surface area contributed by atoms with E-state index in [1.165, 1.54) is 118 Å². The van der Waals surface area contributed by atoms with Crippen LogP contribution >= 0.6 is 0 Å². The van der Waals surface area contributed by atoms with E-state index >= 15 is 0 Å². The molecule has 0 N–H and O–H groups in total. The van der Waals surface area contributed by atoms with Crippen LogP contribution in [0.3, 0.4) is 0 Å². The summed E-state index contributed by atoms with van der Waals surface area (Å²) >= 11 is 0. The fraction of sp³-hybridized carbons (Fsp3) is 0.169. The molecule has 0 bridgehead atoms. The Morgan fingerprint density at radius 3 is 1.61 bits per heavy atom. The lowest BCUT2D eigenvalue weighted by atomic mass is 9.69. The molecule has 2 nitrogen and oxygen atoms in total. The van der Waals surface area contributed by atoms with Gasteiger partial charge in [0.05, 0.1) is 11.1 Å². The average Bonchev–Trinajstić information content (AvgIpc) is 4.26. The minimum absolute atomic E-state index is 0.449. The Bertz CT molecular complexity index is 3480. The lowest BCUT2D eigenvalue weighted by Gasteiger charge is -2.33. The van der Waals surface area contributed by atoms with Crippen LogP contribution in [0, 0.1) is 0 Å². The normalized spacial score (nSPS) is 15.9. The second-order valence-corrected chi connectivity index (χ2v) is 19.6. The zero-order chi connectivity index (χ0) is 44.1. The molecule has 0 atom stereocenters. The maximum atomic E-state index is 6.55. The Morgan fingerprint density at radius 2 is 0.896 bits per heavy atom. The van der Waals surface area contributed by atoms with Crippen molar-refractivity contribution in [2.45, 2.75) is 68.6 Å². The molecule has 1 heterocycles. The molecule has 0 amide bonds. The van der Waals surface area contributed by atoms with E-state index < -0.39 is 5.41 Å². The maximum Gasteiger partial charge on any atom is 0.143 e. The Labute approximate surface area is 393 Å². The number of nitrogens with zero attached hydrogens (tertiary/aromatic N) is 1. The first-order valence-corrected chi connectivity index (χ1v) is 24.7. The summed E-state index contributed by atoms with van der Waals surface area (Å²) < 4.78 is 6.55. The molecule has 14 rings (SSSR count). The largest absolute Gasteiger partial charge is 0.455 e. The zero-order valence-corrected chi connectivity index (χ0v) is 37.7. The summed E-state index contributed by atoms with van der Waals surface area (Å²) in [4.78, 5) is 2.51. The predicted molar refractivity (Wildman–Crippen MR) is 278 cm³/mol. The Hall–Kier alpha value is -7.42. The summed E-state index contributed by atoms with van der Waals surface area (Å²) in [6.45, 7) is 0. The number of fused-ring (bicyclic) bond motifs is 13. The highest BCUT2D eigenvalue weighted by molar-refractivity contribution is 6.09. The van der Waals surface area contributed by atoms with Crippen molar-refractivity contribution in [2.75, 3.05) is 4.90 Å². The van der Waals surface area contributed by atoms with Gasteiger partial charge in [-0.05, 0) is 141 Å². The maximum absolute atomic E-state index is 6.55. The first kappa shape index (κ1) is 38.8. The third-order valence-corrected chi connectivity index (χ3v) is 16.2. The fourth-order valence-corrected chi connectivity index (χ4v) is 13.1. The molecule has 1 aromatic heterocycles. The van der Waals surface area contributed by atoms with Crippen molar-refractivity contribution in [3.63, 3.8) is 0 Å². The summed E-state index contributed by atoms with van der Waals surface area (Å²) in [5.74, 6) is 1.24. The highest BCUT2D eigenvalue weighted by Gasteiger charge is 2.52. The number of anilines is 3. The highest BCUT2D eigenvalue weighted by atomic mass is 16.3. The van der Waals surface area contributed by atoms with Gasteiger partial charge in [-0.25, -0.2) is 0 Å². The van der Waals surface area contributed by atoms with E-state index in [0.717, 1.165) is 50.1 Å². The lowest BCUT2D eigenvalue weighted by Crippen LogP contribution is -2.26. The van der Waals surface area contributed by atoms with E-state index in [9.17, 15) is 0 Å². The van der Waals surface area contributed by atoms with Crippen molar-refractivity contribution in [1.29, 1.82) is 0 Å². The van der Waals surface area contributed by atoms with Gasteiger partial charge >= 0.3 is 0 Å². The van der Waals surface area contributed by atoms with Gasteiger partial charge < -0.3 is 9.32 Å². The molecule has 67 heavy (non-hydrogen) atoms. The van der Waals surface area contributed by atoms with E-state index in [0.29, 0.717) is 11.8 Å². The summed E-state index contributed by atoms with van der Waals surface area (Å²) in [5.41, 5.74) is 23.6. The van der Waals surface area contributed by atoms with Crippen LogP contribution in [-0.2, 0) is 5.41 Å². The van der Waals surface area contributed by atoms with E-state index in [4.69, 9.17) is 4.42 Å². The van der Waals surface area contributed by atoms with Gasteiger partial charge in [0.2, 0.25) is 0 Å². The molecule has 0 radical (unpaired) electrons. The molecule has 322 valence electrons. The van der Waals surface area contributed by atoms with E-state index in [-0.39, 0.29) is 0 Å².